The topological polar surface area (TPSA) is 115 Å². The van der Waals surface area contributed by atoms with Crippen LogP contribution in [-0.2, 0) is 0 Å². The number of thiazole rings is 1. The third-order valence-corrected chi connectivity index (χ3v) is 3.54. The summed E-state index contributed by atoms with van der Waals surface area (Å²) in [6.45, 7) is 1.57. The van der Waals surface area contributed by atoms with Gasteiger partial charge >= 0.3 is 4.87 Å². The number of rotatable bonds is 3. The normalized spacial score (nSPS) is 11.4. The van der Waals surface area contributed by atoms with Crippen molar-refractivity contribution in [2.45, 2.75) is 6.92 Å². The van der Waals surface area contributed by atoms with Crippen molar-refractivity contribution in [3.05, 3.63) is 60.7 Å². The predicted molar refractivity (Wildman–Crippen MR) is 75.4 cm³/mol. The quantitative estimate of drug-likeness (QED) is 0.231. The molecule has 1 aromatic carbocycles. The fourth-order valence-corrected chi connectivity index (χ4v) is 2.43. The lowest BCUT2D eigenvalue weighted by Crippen LogP contribution is -2.31. The lowest BCUT2D eigenvalue weighted by molar-refractivity contribution is -0.384. The van der Waals surface area contributed by atoms with Crippen LogP contribution in [0.15, 0.2) is 39.6 Å². The van der Waals surface area contributed by atoms with E-state index in [4.69, 9.17) is 5.21 Å². The first kappa shape index (κ1) is 14.6. The van der Waals surface area contributed by atoms with Crippen molar-refractivity contribution in [1.29, 1.82) is 0 Å². The Labute approximate surface area is 121 Å². The molecule has 1 N–H and O–H groups in total. The number of benzene rings is 1. The molecule has 0 amide bonds. The van der Waals surface area contributed by atoms with E-state index in [1.54, 1.807) is 6.92 Å². The fourth-order valence-electron chi connectivity index (χ4n) is 1.72. The number of hydrogen-bond acceptors (Lipinski definition) is 7. The van der Waals surface area contributed by atoms with E-state index in [1.807, 2.05) is 0 Å². The average molecular weight is 307 g/mol. The number of aryl methyl sites for hydroxylation is 1. The minimum Gasteiger partial charge on any atom is -0.409 e. The van der Waals surface area contributed by atoms with Crippen LogP contribution in [0, 0.1) is 17.0 Å². The van der Waals surface area contributed by atoms with Gasteiger partial charge in [-0.25, -0.2) is 4.57 Å². The third-order valence-electron chi connectivity index (χ3n) is 2.69. The molecule has 8 nitrogen and oxygen atoms in total. The molecule has 9 heteroatoms. The van der Waals surface area contributed by atoms with Gasteiger partial charge in [0.1, 0.15) is 0 Å². The number of aromatic nitrogens is 1. The first-order valence-corrected chi connectivity index (χ1v) is 6.52. The number of nitrogens with zero attached hydrogens (tertiary/aromatic N) is 3. The highest BCUT2D eigenvalue weighted by molar-refractivity contribution is 7.07. The molecule has 1 aromatic heterocycles. The molecule has 0 aliphatic carbocycles. The van der Waals surface area contributed by atoms with Gasteiger partial charge in [0, 0.05) is 28.8 Å². The van der Waals surface area contributed by atoms with E-state index in [2.05, 4.69) is 5.16 Å². The summed E-state index contributed by atoms with van der Waals surface area (Å²) in [5.41, 5.74) is 0.110. The van der Waals surface area contributed by atoms with Crippen molar-refractivity contribution >= 4 is 28.6 Å². The summed E-state index contributed by atoms with van der Waals surface area (Å²) >= 11 is 0.850. The number of Topliss-reactive ketones (excluding diaryl/α,β-unsaturated/α-hetero) is 1. The summed E-state index contributed by atoms with van der Waals surface area (Å²) in [6.07, 6.45) is 0. The monoisotopic (exact) mass is 307 g/mol. The zero-order chi connectivity index (χ0) is 15.6. The summed E-state index contributed by atoms with van der Waals surface area (Å²) in [4.78, 5) is 33.5. The Morgan fingerprint density at radius 3 is 2.71 bits per heavy atom. The van der Waals surface area contributed by atoms with Crippen molar-refractivity contribution in [2.24, 2.45) is 5.16 Å². The summed E-state index contributed by atoms with van der Waals surface area (Å²) in [5, 5.41) is 24.1. The van der Waals surface area contributed by atoms with Gasteiger partial charge in [-0.15, -0.1) is 0 Å². The second-order valence-corrected chi connectivity index (χ2v) is 4.86. The minimum atomic E-state index is -0.787. The van der Waals surface area contributed by atoms with Crippen LogP contribution in [0.5, 0.6) is 0 Å². The summed E-state index contributed by atoms with van der Waals surface area (Å²) in [7, 11) is 0. The molecule has 21 heavy (non-hydrogen) atoms. The molecule has 1 heterocycles. The van der Waals surface area contributed by atoms with Crippen LogP contribution < -0.4 is 4.87 Å². The maximum atomic E-state index is 12.3. The van der Waals surface area contributed by atoms with Crippen LogP contribution in [0.2, 0.25) is 0 Å². The SMILES string of the molecule is Cc1csc(=O)n1/C(=N\O)C(=O)c1cccc([N+](=O)[O-])c1. The van der Waals surface area contributed by atoms with Crippen LogP contribution in [-0.4, -0.2) is 26.3 Å². The highest BCUT2D eigenvalue weighted by Crippen LogP contribution is 2.14. The predicted octanol–water partition coefficient (Wildman–Crippen LogP) is 1.65. The lowest BCUT2D eigenvalue weighted by atomic mass is 10.1. The zero-order valence-corrected chi connectivity index (χ0v) is 11.5. The molecule has 0 fully saturated rings. The number of nitro benzene ring substituents is 1. The molecule has 2 aromatic rings. The Balaban J connectivity index is 2.50. The third kappa shape index (κ3) is 2.72. The molecule has 0 bridgehead atoms. The fraction of sp³-hybridized carbons (Fsp3) is 0.0833. The van der Waals surface area contributed by atoms with E-state index < -0.39 is 21.4 Å². The van der Waals surface area contributed by atoms with E-state index in [9.17, 15) is 19.7 Å². The molecule has 0 aliphatic heterocycles. The molecular weight excluding hydrogens is 298 g/mol. The van der Waals surface area contributed by atoms with Gasteiger partial charge in [-0.1, -0.05) is 28.6 Å². The lowest BCUT2D eigenvalue weighted by Gasteiger charge is -2.05. The van der Waals surface area contributed by atoms with Crippen molar-refractivity contribution in [3.8, 4) is 0 Å². The van der Waals surface area contributed by atoms with Crippen LogP contribution in [0.25, 0.3) is 0 Å². The van der Waals surface area contributed by atoms with Gasteiger partial charge in [0.05, 0.1) is 4.92 Å². The minimum absolute atomic E-state index is 0.0468. The van der Waals surface area contributed by atoms with E-state index in [0.717, 1.165) is 22.0 Å². The molecule has 0 radical (unpaired) electrons. The molecule has 0 spiro atoms. The first-order chi connectivity index (χ1) is 9.95. The van der Waals surface area contributed by atoms with Crippen molar-refractivity contribution in [1.82, 2.24) is 4.57 Å². The van der Waals surface area contributed by atoms with Crippen molar-refractivity contribution in [3.63, 3.8) is 0 Å². The summed E-state index contributed by atoms with van der Waals surface area (Å²) in [5.74, 6) is -1.29. The number of non-ortho nitro benzene ring substituents is 1. The molecule has 0 saturated carbocycles. The highest BCUT2D eigenvalue weighted by atomic mass is 32.1. The maximum absolute atomic E-state index is 12.3. The Morgan fingerprint density at radius 2 is 2.19 bits per heavy atom. The highest BCUT2D eigenvalue weighted by Gasteiger charge is 2.22. The van der Waals surface area contributed by atoms with Crippen molar-refractivity contribution < 1.29 is 14.9 Å². The maximum Gasteiger partial charge on any atom is 0.313 e. The number of nitro groups is 1. The van der Waals surface area contributed by atoms with Crippen LogP contribution in [0.4, 0.5) is 5.69 Å². The molecule has 0 unspecified atom stereocenters. The van der Waals surface area contributed by atoms with Gasteiger partial charge in [0.25, 0.3) is 5.69 Å². The number of ketones is 1. The number of carbonyl (C=O) groups excluding carboxylic acids is 1. The van der Waals surface area contributed by atoms with Gasteiger partial charge in [0.2, 0.25) is 11.6 Å². The zero-order valence-electron chi connectivity index (χ0n) is 10.7. The van der Waals surface area contributed by atoms with Crippen LogP contribution >= 0.6 is 11.3 Å². The number of hydrogen-bond donors (Lipinski definition) is 1. The second-order valence-electron chi connectivity index (χ2n) is 4.04. The van der Waals surface area contributed by atoms with Crippen molar-refractivity contribution in [2.75, 3.05) is 0 Å². The Hall–Kier alpha value is -2.81. The van der Waals surface area contributed by atoms with E-state index in [-0.39, 0.29) is 11.3 Å². The number of carbonyl (C=O) groups is 1. The van der Waals surface area contributed by atoms with Crippen LogP contribution in [0.3, 0.4) is 0 Å². The second kappa shape index (κ2) is 5.67. The largest absolute Gasteiger partial charge is 0.409 e. The molecule has 0 atom stereocenters. The Bertz CT molecular complexity index is 805. The van der Waals surface area contributed by atoms with Gasteiger partial charge in [-0.3, -0.25) is 19.7 Å². The Morgan fingerprint density at radius 1 is 1.48 bits per heavy atom. The average Bonchev–Trinajstić information content (AvgIpc) is 2.80. The van der Waals surface area contributed by atoms with Crippen LogP contribution in [0.1, 0.15) is 16.1 Å². The summed E-state index contributed by atoms with van der Waals surface area (Å²) in [6, 6.07) is 4.96. The van der Waals surface area contributed by atoms with E-state index in [0.29, 0.717) is 5.69 Å². The molecule has 108 valence electrons. The first-order valence-electron chi connectivity index (χ1n) is 5.64. The van der Waals surface area contributed by atoms with E-state index >= 15 is 0 Å². The van der Waals surface area contributed by atoms with Gasteiger partial charge in [0.15, 0.2) is 0 Å². The molecular formula is C12H9N3O5S. The molecule has 0 aliphatic rings. The smallest absolute Gasteiger partial charge is 0.313 e. The molecule has 0 saturated heterocycles. The van der Waals surface area contributed by atoms with Gasteiger partial charge in [-0.2, -0.15) is 0 Å². The standard InChI is InChI=1S/C12H9N3O5S/c1-7-6-21-12(17)14(7)11(13-18)10(16)8-3-2-4-9(5-8)15(19)20/h2-6,18H,1H3/b13-11-. The van der Waals surface area contributed by atoms with E-state index in [1.165, 1.54) is 23.6 Å². The summed E-state index contributed by atoms with van der Waals surface area (Å²) < 4.78 is 0.950. The molecule has 2 rings (SSSR count). The van der Waals surface area contributed by atoms with Gasteiger partial charge in [-0.05, 0) is 6.92 Å². The Kier molecular flexibility index (Phi) is 3.94. The van der Waals surface area contributed by atoms with Gasteiger partial charge < -0.3 is 5.21 Å². The number of oxime groups is 1.